The van der Waals surface area contributed by atoms with Gasteiger partial charge in [-0.15, -0.1) is 0 Å². The van der Waals surface area contributed by atoms with Crippen LogP contribution in [0.25, 0.3) is 16.7 Å². The van der Waals surface area contributed by atoms with Crippen molar-refractivity contribution >= 4 is 11.4 Å². The van der Waals surface area contributed by atoms with Crippen LogP contribution in [0, 0.1) is 0 Å². The minimum Gasteiger partial charge on any atom is -0.497 e. The van der Waals surface area contributed by atoms with E-state index in [0.717, 1.165) is 22.7 Å². The molecule has 0 saturated carbocycles. The van der Waals surface area contributed by atoms with Crippen molar-refractivity contribution in [2.24, 2.45) is 0 Å². The summed E-state index contributed by atoms with van der Waals surface area (Å²) in [4.78, 5) is 0. The van der Waals surface area contributed by atoms with Gasteiger partial charge in [0.05, 0.1) is 7.11 Å². The van der Waals surface area contributed by atoms with Crippen molar-refractivity contribution in [2.75, 3.05) is 14.2 Å². The van der Waals surface area contributed by atoms with Crippen LogP contribution in [0.15, 0.2) is 84.5 Å². The Morgan fingerprint density at radius 2 is 1.31 bits per heavy atom. The summed E-state index contributed by atoms with van der Waals surface area (Å²) >= 11 is 0. The predicted octanol–water partition coefficient (Wildman–Crippen LogP) is 8.06. The lowest BCUT2D eigenvalue weighted by Crippen LogP contribution is -2.10. The van der Waals surface area contributed by atoms with Crippen molar-refractivity contribution in [3.8, 4) is 16.9 Å². The van der Waals surface area contributed by atoms with Gasteiger partial charge in [-0.3, -0.25) is 4.42 Å². The Labute approximate surface area is 210 Å². The molecule has 0 saturated heterocycles. The summed E-state index contributed by atoms with van der Waals surface area (Å²) in [6.45, 7) is 13.7. The number of fused-ring (bicyclic) bond motifs is 1. The molecule has 3 aliphatic carbocycles. The zero-order valence-corrected chi connectivity index (χ0v) is 22.3. The number of carbonyl (C=O) groups excluding carboxylic acids is 1. The molecular formula is C33H37O2+. The Kier molecular flexibility index (Phi) is 6.60. The highest BCUT2D eigenvalue weighted by molar-refractivity contribution is 6.04. The fourth-order valence-corrected chi connectivity index (χ4v) is 4.67. The van der Waals surface area contributed by atoms with Gasteiger partial charge in [0.25, 0.3) is 7.11 Å². The van der Waals surface area contributed by atoms with Crippen LogP contribution in [-0.4, -0.2) is 20.0 Å². The van der Waals surface area contributed by atoms with Crippen molar-refractivity contribution in [3.63, 3.8) is 0 Å². The van der Waals surface area contributed by atoms with E-state index in [1.165, 1.54) is 33.4 Å². The molecule has 0 unspecified atom stereocenters. The van der Waals surface area contributed by atoms with Gasteiger partial charge in [0.1, 0.15) is 5.75 Å². The average Bonchev–Trinajstić information content (AvgIpc) is 3.03. The molecule has 2 nitrogen and oxygen atoms in total. The number of methoxy groups -OCH3 is 1. The molecule has 0 bridgehead atoms. The third kappa shape index (κ3) is 5.03. The van der Waals surface area contributed by atoms with Crippen LogP contribution in [0.1, 0.15) is 63.8 Å². The van der Waals surface area contributed by atoms with Gasteiger partial charge in [0, 0.05) is 12.2 Å². The minimum atomic E-state index is 0.0116. The molecule has 0 atom stereocenters. The third-order valence-electron chi connectivity index (χ3n) is 6.72. The molecule has 2 heteroatoms. The Morgan fingerprint density at radius 3 is 1.83 bits per heavy atom. The first-order chi connectivity index (χ1) is 16.5. The maximum absolute atomic E-state index is 5.44. The normalized spacial score (nSPS) is 13.9. The van der Waals surface area contributed by atoms with Gasteiger partial charge in [-0.25, -0.2) is 0 Å². The van der Waals surface area contributed by atoms with Crippen LogP contribution in [-0.2, 0) is 15.3 Å². The molecule has 0 heterocycles. The van der Waals surface area contributed by atoms with Crippen molar-refractivity contribution < 1.29 is 9.16 Å². The monoisotopic (exact) mass is 465 g/mol. The second kappa shape index (κ2) is 9.34. The molecule has 4 rings (SSSR count). The number of ketones is 1. The lowest BCUT2D eigenvalue weighted by Gasteiger charge is -2.19. The van der Waals surface area contributed by atoms with Gasteiger partial charge < -0.3 is 4.74 Å². The highest BCUT2D eigenvalue weighted by Crippen LogP contribution is 2.45. The second-order valence-electron chi connectivity index (χ2n) is 11.3. The third-order valence-corrected chi connectivity index (χ3v) is 6.72. The van der Waals surface area contributed by atoms with E-state index >= 15 is 0 Å². The molecule has 0 aliphatic heterocycles. The lowest BCUT2D eigenvalue weighted by molar-refractivity contribution is -0.417. The first kappa shape index (κ1) is 24.7. The first-order valence-electron chi connectivity index (χ1n) is 12.3. The minimum absolute atomic E-state index is 0.0116. The summed E-state index contributed by atoms with van der Waals surface area (Å²) in [5.74, 6) is 1.71. The lowest BCUT2D eigenvalue weighted by atomic mass is 9.85. The van der Waals surface area contributed by atoms with Gasteiger partial charge in [-0.05, 0) is 85.7 Å². The largest absolute Gasteiger partial charge is 0.497 e. The van der Waals surface area contributed by atoms with Gasteiger partial charge in [-0.2, -0.15) is 0 Å². The van der Waals surface area contributed by atoms with E-state index in [4.69, 9.17) is 9.16 Å². The standard InChI is InChI=1S/C33H37O2/c1-32(2,3)24-13-19-27-28(20-14-24)30(33(4,5)6)21-29(27)31(22-9-15-25(34-7)16-10-22)23-11-17-26(35-8)18-12-23/h9-21H,1-8H3/q+1. The Morgan fingerprint density at radius 1 is 0.714 bits per heavy atom. The van der Waals surface area contributed by atoms with Gasteiger partial charge >= 0.3 is 5.78 Å². The summed E-state index contributed by atoms with van der Waals surface area (Å²) < 4.78 is 10.9. The van der Waals surface area contributed by atoms with E-state index in [9.17, 15) is 0 Å². The van der Waals surface area contributed by atoms with E-state index in [0.29, 0.717) is 0 Å². The van der Waals surface area contributed by atoms with Gasteiger partial charge in [0.2, 0.25) is 0 Å². The molecule has 1 aromatic rings. The van der Waals surface area contributed by atoms with Crippen LogP contribution in [0.2, 0.25) is 0 Å². The Bertz CT molecular complexity index is 1300. The molecule has 0 amide bonds. The summed E-state index contributed by atoms with van der Waals surface area (Å²) in [6.07, 6.45) is 8.37. The van der Waals surface area contributed by atoms with Crippen LogP contribution in [0.5, 0.6) is 5.75 Å². The molecule has 3 aliphatic rings. The van der Waals surface area contributed by atoms with E-state index in [-0.39, 0.29) is 10.8 Å². The predicted molar refractivity (Wildman–Crippen MR) is 149 cm³/mol. The van der Waals surface area contributed by atoms with Crippen LogP contribution >= 0.6 is 0 Å². The number of hydrogen-bond acceptors (Lipinski definition) is 1. The number of hydrogen-bond donors (Lipinski definition) is 0. The van der Waals surface area contributed by atoms with Crippen molar-refractivity contribution in [1.82, 2.24) is 0 Å². The highest BCUT2D eigenvalue weighted by atomic mass is 16.5. The number of benzene rings is 1. The second-order valence-corrected chi connectivity index (χ2v) is 11.3. The van der Waals surface area contributed by atoms with Crippen LogP contribution in [0.3, 0.4) is 0 Å². The van der Waals surface area contributed by atoms with Crippen molar-refractivity contribution in [3.05, 3.63) is 107 Å². The average molecular weight is 466 g/mol. The fourth-order valence-electron chi connectivity index (χ4n) is 4.67. The van der Waals surface area contributed by atoms with E-state index in [2.05, 4.69) is 96.2 Å². The van der Waals surface area contributed by atoms with Crippen molar-refractivity contribution in [2.45, 2.75) is 52.4 Å². The zero-order chi connectivity index (χ0) is 25.4. The Balaban J connectivity index is 2.05. The molecule has 0 spiro atoms. The van der Waals surface area contributed by atoms with E-state index in [1.807, 2.05) is 24.3 Å². The van der Waals surface area contributed by atoms with E-state index < -0.39 is 0 Å². The molecule has 0 N–H and O–H groups in total. The molecular weight excluding hydrogens is 428 g/mol. The van der Waals surface area contributed by atoms with Crippen LogP contribution in [0.4, 0.5) is 0 Å². The smallest absolute Gasteiger partial charge is 0.343 e. The maximum atomic E-state index is 5.44. The molecule has 0 aromatic heterocycles. The van der Waals surface area contributed by atoms with Crippen molar-refractivity contribution in [1.29, 1.82) is 0 Å². The molecule has 0 radical (unpaired) electrons. The SMILES string of the molecule is COc1ccc(C(=C2C=CC(=[O+]C)C=C2)c2cc(C(C)(C)C)c3ccc(C(C)(C)C)ccc2-3)cc1. The molecule has 1 aromatic carbocycles. The topological polar surface area (TPSA) is 20.5 Å². The summed E-state index contributed by atoms with van der Waals surface area (Å²) in [7, 11) is 3.41. The van der Waals surface area contributed by atoms with E-state index in [1.54, 1.807) is 14.2 Å². The number of ether oxygens (including phenoxy) is 1. The molecule has 35 heavy (non-hydrogen) atoms. The number of rotatable bonds is 3. The maximum Gasteiger partial charge on any atom is 0.343 e. The quantitative estimate of drug-likeness (QED) is 0.358. The fraction of sp³-hybridized carbons (Fsp3) is 0.303. The summed E-state index contributed by atoms with van der Waals surface area (Å²) in [6, 6.07) is 20.0. The number of allylic oxidation sites excluding steroid dienone is 5. The first-order valence-corrected chi connectivity index (χ1v) is 12.3. The van der Waals surface area contributed by atoms with Crippen LogP contribution < -0.4 is 4.74 Å². The Hall–Kier alpha value is -3.39. The molecule has 0 fully saturated rings. The molecule has 180 valence electrons. The van der Waals surface area contributed by atoms with Gasteiger partial charge in [-0.1, -0.05) is 77.9 Å². The summed E-state index contributed by atoms with van der Waals surface area (Å²) in [5.41, 5.74) is 10.1. The highest BCUT2D eigenvalue weighted by Gasteiger charge is 2.27. The summed E-state index contributed by atoms with van der Waals surface area (Å²) in [5, 5.41) is 0. The van der Waals surface area contributed by atoms with Gasteiger partial charge in [0.15, 0.2) is 0 Å². The zero-order valence-electron chi connectivity index (χ0n) is 22.3.